The summed E-state index contributed by atoms with van der Waals surface area (Å²) >= 11 is 0. The third-order valence-corrected chi connectivity index (χ3v) is 3.75. The van der Waals surface area contributed by atoms with E-state index in [1.807, 2.05) is 12.1 Å². The van der Waals surface area contributed by atoms with Gasteiger partial charge in [-0.3, -0.25) is 0 Å². The van der Waals surface area contributed by atoms with Crippen molar-refractivity contribution in [1.82, 2.24) is 5.32 Å². The minimum atomic E-state index is -0.173. The van der Waals surface area contributed by atoms with Crippen molar-refractivity contribution >= 4 is 18.1 Å². The Hall–Kier alpha value is -1.58. The molecule has 2 aromatic carbocycles. The molecular formula is C17H20ClFN2. The van der Waals surface area contributed by atoms with Crippen LogP contribution in [-0.2, 0) is 19.4 Å². The highest BCUT2D eigenvalue weighted by Gasteiger charge is 2.12. The fraction of sp³-hybridized carbons (Fsp3) is 0.294. The van der Waals surface area contributed by atoms with Gasteiger partial charge in [0.1, 0.15) is 5.82 Å². The van der Waals surface area contributed by atoms with E-state index in [1.165, 1.54) is 28.9 Å². The summed E-state index contributed by atoms with van der Waals surface area (Å²) < 4.78 is 12.8. The smallest absolute Gasteiger partial charge is 0.123 e. The van der Waals surface area contributed by atoms with Crippen molar-refractivity contribution in [2.45, 2.75) is 19.4 Å². The largest absolute Gasteiger partial charge is 0.384 e. The zero-order valence-corrected chi connectivity index (χ0v) is 12.7. The Morgan fingerprint density at radius 1 is 1.10 bits per heavy atom. The molecule has 2 N–H and O–H groups in total. The Balaban J connectivity index is 0.00000161. The predicted molar refractivity (Wildman–Crippen MR) is 87.7 cm³/mol. The first kappa shape index (κ1) is 15.8. The molecule has 2 aromatic rings. The van der Waals surface area contributed by atoms with Crippen LogP contribution in [0.15, 0.2) is 42.5 Å². The molecule has 1 heterocycles. The van der Waals surface area contributed by atoms with Crippen molar-refractivity contribution in [3.05, 3.63) is 65.0 Å². The molecule has 0 bridgehead atoms. The Labute approximate surface area is 131 Å². The van der Waals surface area contributed by atoms with E-state index < -0.39 is 0 Å². The molecule has 0 aromatic heterocycles. The number of anilines is 1. The highest BCUT2D eigenvalue weighted by molar-refractivity contribution is 5.85. The van der Waals surface area contributed by atoms with Crippen molar-refractivity contribution in [3.8, 4) is 0 Å². The minimum absolute atomic E-state index is 0. The summed E-state index contributed by atoms with van der Waals surface area (Å²) in [6.45, 7) is 2.81. The van der Waals surface area contributed by atoms with Gasteiger partial charge >= 0.3 is 0 Å². The van der Waals surface area contributed by atoms with Crippen molar-refractivity contribution in [2.24, 2.45) is 0 Å². The van der Waals surface area contributed by atoms with Crippen LogP contribution in [0.5, 0.6) is 0 Å². The molecule has 0 spiro atoms. The molecule has 112 valence electrons. The van der Waals surface area contributed by atoms with Crippen molar-refractivity contribution < 1.29 is 4.39 Å². The molecule has 2 nitrogen and oxygen atoms in total. The third kappa shape index (κ3) is 3.96. The first-order chi connectivity index (χ1) is 9.83. The lowest BCUT2D eigenvalue weighted by Crippen LogP contribution is -2.17. The Morgan fingerprint density at radius 2 is 1.90 bits per heavy atom. The van der Waals surface area contributed by atoms with E-state index >= 15 is 0 Å². The maximum absolute atomic E-state index is 12.8. The summed E-state index contributed by atoms with van der Waals surface area (Å²) in [7, 11) is 0. The number of hydrogen-bond donors (Lipinski definition) is 2. The van der Waals surface area contributed by atoms with Crippen molar-refractivity contribution in [3.63, 3.8) is 0 Å². The second-order valence-electron chi connectivity index (χ2n) is 5.18. The van der Waals surface area contributed by atoms with Crippen LogP contribution in [0.25, 0.3) is 0 Å². The fourth-order valence-corrected chi connectivity index (χ4v) is 2.67. The normalized spacial score (nSPS) is 12.4. The number of fused-ring (bicyclic) bond motifs is 1. The monoisotopic (exact) mass is 306 g/mol. The molecule has 0 saturated carbocycles. The van der Waals surface area contributed by atoms with Gasteiger partial charge in [0.25, 0.3) is 0 Å². The number of benzene rings is 2. The molecule has 0 atom stereocenters. The Kier molecular flexibility index (Phi) is 5.59. The molecule has 0 amide bonds. The molecule has 0 aliphatic carbocycles. The van der Waals surface area contributed by atoms with E-state index in [9.17, 15) is 4.39 Å². The van der Waals surface area contributed by atoms with Gasteiger partial charge < -0.3 is 10.6 Å². The number of para-hydroxylation sites is 1. The van der Waals surface area contributed by atoms with E-state index in [1.54, 1.807) is 0 Å². The van der Waals surface area contributed by atoms with Gasteiger partial charge in [-0.1, -0.05) is 30.3 Å². The minimum Gasteiger partial charge on any atom is -0.384 e. The second kappa shape index (κ2) is 7.43. The van der Waals surface area contributed by atoms with Crippen LogP contribution in [0.3, 0.4) is 0 Å². The predicted octanol–water partition coefficient (Wildman–Crippen LogP) is 3.55. The highest BCUT2D eigenvalue weighted by atomic mass is 35.5. The van der Waals surface area contributed by atoms with E-state index in [2.05, 4.69) is 28.8 Å². The SMILES string of the molecule is Cl.Fc1ccc(CCNCc2cccc3c2NCC3)cc1. The topological polar surface area (TPSA) is 24.1 Å². The van der Waals surface area contributed by atoms with Crippen molar-refractivity contribution in [1.29, 1.82) is 0 Å². The number of nitrogens with one attached hydrogen (secondary N) is 2. The number of rotatable bonds is 5. The fourth-order valence-electron chi connectivity index (χ4n) is 2.67. The quantitative estimate of drug-likeness (QED) is 0.826. The molecule has 0 saturated heterocycles. The first-order valence-corrected chi connectivity index (χ1v) is 7.13. The molecule has 21 heavy (non-hydrogen) atoms. The van der Waals surface area contributed by atoms with E-state index in [0.717, 1.165) is 38.0 Å². The summed E-state index contributed by atoms with van der Waals surface area (Å²) in [6, 6.07) is 13.2. The van der Waals surface area contributed by atoms with Gasteiger partial charge in [0.05, 0.1) is 0 Å². The Bertz CT molecular complexity index is 584. The maximum Gasteiger partial charge on any atom is 0.123 e. The average Bonchev–Trinajstić information content (AvgIpc) is 2.94. The number of halogens is 2. The van der Waals surface area contributed by atoms with E-state index in [0.29, 0.717) is 0 Å². The molecule has 0 unspecified atom stereocenters. The third-order valence-electron chi connectivity index (χ3n) is 3.75. The lowest BCUT2D eigenvalue weighted by atomic mass is 10.1. The van der Waals surface area contributed by atoms with Crippen LogP contribution in [-0.4, -0.2) is 13.1 Å². The average molecular weight is 307 g/mol. The lowest BCUT2D eigenvalue weighted by Gasteiger charge is -2.10. The molecule has 0 radical (unpaired) electrons. The summed E-state index contributed by atoms with van der Waals surface area (Å²) in [6.07, 6.45) is 2.04. The van der Waals surface area contributed by atoms with Crippen molar-refractivity contribution in [2.75, 3.05) is 18.4 Å². The second-order valence-corrected chi connectivity index (χ2v) is 5.18. The van der Waals surface area contributed by atoms with Crippen LogP contribution in [0.4, 0.5) is 10.1 Å². The molecule has 1 aliphatic heterocycles. The standard InChI is InChI=1S/C17H19FN2.ClH/c18-16-6-4-13(5-7-16)8-10-19-12-15-3-1-2-14-9-11-20-17(14)15;/h1-7,19-20H,8-12H2;1H. The summed E-state index contributed by atoms with van der Waals surface area (Å²) in [5, 5.41) is 6.91. The molecule has 4 heteroatoms. The van der Waals surface area contributed by atoms with Gasteiger partial charge in [-0.15, -0.1) is 12.4 Å². The van der Waals surface area contributed by atoms with Gasteiger partial charge in [0.2, 0.25) is 0 Å². The van der Waals surface area contributed by atoms with Crippen LogP contribution in [0, 0.1) is 5.82 Å². The zero-order chi connectivity index (χ0) is 13.8. The Morgan fingerprint density at radius 3 is 2.71 bits per heavy atom. The van der Waals surface area contributed by atoms with Crippen LogP contribution in [0.1, 0.15) is 16.7 Å². The number of hydrogen-bond acceptors (Lipinski definition) is 2. The van der Waals surface area contributed by atoms with Gasteiger partial charge in [0, 0.05) is 18.8 Å². The molecule has 1 aliphatic rings. The highest BCUT2D eigenvalue weighted by Crippen LogP contribution is 2.26. The van der Waals surface area contributed by atoms with Gasteiger partial charge in [-0.25, -0.2) is 4.39 Å². The van der Waals surface area contributed by atoms with Crippen LogP contribution < -0.4 is 10.6 Å². The summed E-state index contributed by atoms with van der Waals surface area (Å²) in [4.78, 5) is 0. The van der Waals surface area contributed by atoms with Gasteiger partial charge in [-0.2, -0.15) is 0 Å². The zero-order valence-electron chi connectivity index (χ0n) is 11.9. The van der Waals surface area contributed by atoms with Gasteiger partial charge in [0.15, 0.2) is 0 Å². The summed E-state index contributed by atoms with van der Waals surface area (Å²) in [5.41, 5.74) is 5.22. The van der Waals surface area contributed by atoms with Crippen LogP contribution >= 0.6 is 12.4 Å². The summed E-state index contributed by atoms with van der Waals surface area (Å²) in [5.74, 6) is -0.173. The van der Waals surface area contributed by atoms with Gasteiger partial charge in [-0.05, 0) is 48.2 Å². The van der Waals surface area contributed by atoms with E-state index in [4.69, 9.17) is 0 Å². The molecular weight excluding hydrogens is 287 g/mol. The molecule has 3 rings (SSSR count). The van der Waals surface area contributed by atoms with E-state index in [-0.39, 0.29) is 18.2 Å². The molecule has 0 fully saturated rings. The first-order valence-electron chi connectivity index (χ1n) is 7.13. The lowest BCUT2D eigenvalue weighted by molar-refractivity contribution is 0.626. The van der Waals surface area contributed by atoms with Crippen LogP contribution in [0.2, 0.25) is 0 Å². The maximum atomic E-state index is 12.8.